The Kier molecular flexibility index (Phi) is 10.0. The topological polar surface area (TPSA) is 0 Å². The maximum absolute atomic E-state index is 5.85. The van der Waals surface area contributed by atoms with E-state index in [1.165, 1.54) is 52.5 Å². The number of halogens is 2. The van der Waals surface area contributed by atoms with Crippen LogP contribution in [0.15, 0.2) is 129 Å². The molecule has 10 rings (SSSR count). The van der Waals surface area contributed by atoms with Crippen LogP contribution in [0.2, 0.25) is 0 Å². The average molecular weight is 947 g/mol. The molecule has 10 aromatic rings. The third-order valence-electron chi connectivity index (χ3n) is 9.21. The summed E-state index contributed by atoms with van der Waals surface area (Å²) in [6.07, 6.45) is 11.7. The first kappa shape index (κ1) is 34.2. The monoisotopic (exact) mass is 945 g/mol. The molecule has 0 radical (unpaired) electrons. The quantitative estimate of drug-likeness (QED) is 0.120. The molecule has 6 aromatic carbocycles. The van der Waals surface area contributed by atoms with Crippen molar-refractivity contribution in [3.05, 3.63) is 140 Å². The van der Waals surface area contributed by atoms with Crippen molar-refractivity contribution in [1.29, 1.82) is 0 Å². The molecule has 4 aromatic heterocycles. The summed E-state index contributed by atoms with van der Waals surface area (Å²) in [5.74, 6) is 5.74. The number of thiophene rings is 4. The fourth-order valence-electron chi connectivity index (χ4n) is 6.98. The van der Waals surface area contributed by atoms with Gasteiger partial charge in [0.15, 0.2) is 0 Å². The van der Waals surface area contributed by atoms with Crippen molar-refractivity contribution in [3.8, 4) is 46.9 Å². The normalized spacial score (nSPS) is 11.1. The van der Waals surface area contributed by atoms with E-state index in [-0.39, 0.29) is 0 Å². The van der Waals surface area contributed by atoms with E-state index in [2.05, 4.69) is 141 Å². The molecule has 0 bridgehead atoms. The first-order valence-electron chi connectivity index (χ1n) is 15.7. The van der Waals surface area contributed by atoms with Crippen LogP contribution in [-0.2, 0) is 16.5 Å². The molecule has 0 amide bonds. The molecule has 0 aliphatic rings. The third-order valence-corrected chi connectivity index (χ3v) is 12.3. The molecule has 0 N–H and O–H groups in total. The second kappa shape index (κ2) is 15.0. The van der Waals surface area contributed by atoms with E-state index in [1.807, 2.05) is 22.7 Å². The van der Waals surface area contributed by atoms with Crippen LogP contribution >= 0.6 is 64.2 Å². The maximum atomic E-state index is 5.85. The van der Waals surface area contributed by atoms with Crippen molar-refractivity contribution in [2.24, 2.45) is 0 Å². The summed E-state index contributed by atoms with van der Waals surface area (Å²) < 4.78 is 2.73. The van der Waals surface area contributed by atoms with Gasteiger partial charge in [0.2, 0.25) is 0 Å². The van der Waals surface area contributed by atoms with Gasteiger partial charge in [-0.3, -0.25) is 0 Å². The van der Waals surface area contributed by atoms with E-state index in [1.54, 1.807) is 22.7 Å². The van der Waals surface area contributed by atoms with E-state index in [4.69, 9.17) is 31.7 Å². The summed E-state index contributed by atoms with van der Waals surface area (Å²) >= 11 is 6.49. The summed E-state index contributed by atoms with van der Waals surface area (Å²) in [6.45, 7) is 0. The molecular formula is C44H24Cl2PtS4. The molecule has 0 aliphatic heterocycles. The Morgan fingerprint density at radius 1 is 0.412 bits per heavy atom. The summed E-state index contributed by atoms with van der Waals surface area (Å²) in [6, 6.07) is 35.3. The van der Waals surface area contributed by atoms with E-state index in [9.17, 15) is 0 Å². The third kappa shape index (κ3) is 6.21. The van der Waals surface area contributed by atoms with E-state index >= 15 is 0 Å². The minimum Gasteiger partial charge on any atom is -0.144 e. The summed E-state index contributed by atoms with van der Waals surface area (Å²) in [7, 11) is 9.75. The predicted octanol–water partition coefficient (Wildman–Crippen LogP) is 15.2. The Bertz CT molecular complexity index is 2740. The van der Waals surface area contributed by atoms with Gasteiger partial charge in [0, 0.05) is 31.3 Å². The fraction of sp³-hybridized carbons (Fsp3) is 0. The molecule has 0 unspecified atom stereocenters. The largest absolute Gasteiger partial charge is 0.144 e. The molecule has 51 heavy (non-hydrogen) atoms. The number of hydrogen-bond donors (Lipinski definition) is 0. The molecule has 0 atom stereocenters. The minimum absolute atomic E-state index is 0.472. The standard InChI is InChI=1S/2C22H12S2.2ClH.Pt/c1-3-17-16(6-8-21-19(17)9-11-23-21)14-2-4-18-15(13(1)14)5-7-22-20(18)10-12-24-22;1-3-17-19(15-9-11-23-13-15)5-8-22-18(4-2)20(6-7-21(17)22)16-10-12-24-14-16;;;/h1-12H;1-2,5-14H;2*1H;/q;;;;+2/p-2. The van der Waals surface area contributed by atoms with Crippen LogP contribution in [-0.4, -0.2) is 0 Å². The van der Waals surface area contributed by atoms with Crippen LogP contribution in [0.4, 0.5) is 0 Å². The molecule has 248 valence electrons. The van der Waals surface area contributed by atoms with Gasteiger partial charge in [0.05, 0.1) is 0 Å². The van der Waals surface area contributed by atoms with Gasteiger partial charge in [0.1, 0.15) is 0 Å². The van der Waals surface area contributed by atoms with Gasteiger partial charge >= 0.3 is 35.3 Å². The molecular weight excluding hydrogens is 923 g/mol. The van der Waals surface area contributed by atoms with Gasteiger partial charge in [-0.25, -0.2) is 0 Å². The smallest absolute Gasteiger partial charge is 0.0349 e. The van der Waals surface area contributed by atoms with Gasteiger partial charge in [0.25, 0.3) is 0 Å². The van der Waals surface area contributed by atoms with Crippen molar-refractivity contribution >= 4 is 127 Å². The Hall–Kier alpha value is -3.93. The molecule has 0 spiro atoms. The van der Waals surface area contributed by atoms with Gasteiger partial charge in [-0.2, -0.15) is 22.7 Å². The summed E-state index contributed by atoms with van der Waals surface area (Å²) in [5, 5.41) is 25.6. The number of rotatable bonds is 2. The zero-order chi connectivity index (χ0) is 34.9. The van der Waals surface area contributed by atoms with E-state index in [0.717, 1.165) is 44.2 Å². The van der Waals surface area contributed by atoms with Crippen LogP contribution in [0, 0.1) is 24.7 Å². The van der Waals surface area contributed by atoms with Gasteiger partial charge < -0.3 is 0 Å². The SMILES string of the molecule is C#Cc1c(-c2ccsc2)ccc2c(C#C)c(-c3ccsc3)ccc12.[Cl][Pt][Cl].c1cc2c(ccc3c2ccc2c4ccc5sccc5c4ccc32)s1. The van der Waals surface area contributed by atoms with Crippen LogP contribution in [0.1, 0.15) is 11.1 Å². The first-order chi connectivity index (χ1) is 25.1. The molecule has 0 nitrogen and oxygen atoms in total. The Balaban J connectivity index is 0.000000136. The van der Waals surface area contributed by atoms with Crippen molar-refractivity contribution in [3.63, 3.8) is 0 Å². The van der Waals surface area contributed by atoms with Crippen LogP contribution in [0.25, 0.3) is 85.5 Å². The molecule has 0 saturated carbocycles. The minimum atomic E-state index is -0.472. The predicted molar refractivity (Wildman–Crippen MR) is 228 cm³/mol. The molecule has 0 aliphatic carbocycles. The van der Waals surface area contributed by atoms with E-state index in [0.29, 0.717) is 0 Å². The Morgan fingerprint density at radius 3 is 1.12 bits per heavy atom. The zero-order valence-electron chi connectivity index (χ0n) is 26.6. The average Bonchev–Trinajstić information content (AvgIpc) is 4.01. The molecule has 4 heterocycles. The van der Waals surface area contributed by atoms with Crippen LogP contribution in [0.5, 0.6) is 0 Å². The number of terminal acetylenes is 2. The second-order valence-corrected chi connectivity index (χ2v) is 18.4. The maximum Gasteiger partial charge on any atom is 0.0349 e. The van der Waals surface area contributed by atoms with E-state index < -0.39 is 16.5 Å². The van der Waals surface area contributed by atoms with Gasteiger partial charge in [-0.05, 0) is 134 Å². The first-order valence-corrected chi connectivity index (χ1v) is 24.9. The van der Waals surface area contributed by atoms with Gasteiger partial charge in [-0.1, -0.05) is 72.5 Å². The molecule has 0 fully saturated rings. The van der Waals surface area contributed by atoms with Crippen molar-refractivity contribution in [2.45, 2.75) is 0 Å². The number of fused-ring (bicyclic) bond motifs is 10. The van der Waals surface area contributed by atoms with Crippen LogP contribution in [0.3, 0.4) is 0 Å². The van der Waals surface area contributed by atoms with Crippen molar-refractivity contribution < 1.29 is 16.5 Å². The van der Waals surface area contributed by atoms with Crippen molar-refractivity contribution in [1.82, 2.24) is 0 Å². The summed E-state index contributed by atoms with van der Waals surface area (Å²) in [4.78, 5) is 0. The van der Waals surface area contributed by atoms with Crippen LogP contribution < -0.4 is 0 Å². The summed E-state index contributed by atoms with van der Waals surface area (Å²) in [5.41, 5.74) is 6.27. The number of hydrogen-bond acceptors (Lipinski definition) is 4. The molecule has 0 saturated heterocycles. The molecule has 7 heteroatoms. The second-order valence-electron chi connectivity index (χ2n) is 11.6. The van der Waals surface area contributed by atoms with Gasteiger partial charge in [-0.15, -0.1) is 35.5 Å². The fourth-order valence-corrected chi connectivity index (χ4v) is 9.89. The Morgan fingerprint density at radius 2 is 0.765 bits per heavy atom. The number of benzene rings is 6. The Labute approximate surface area is 328 Å². The zero-order valence-corrected chi connectivity index (χ0v) is 33.6. The van der Waals surface area contributed by atoms with Crippen molar-refractivity contribution in [2.75, 3.05) is 0 Å².